The van der Waals surface area contributed by atoms with Crippen molar-refractivity contribution in [2.24, 2.45) is 5.92 Å². The predicted octanol–water partition coefficient (Wildman–Crippen LogP) is 1.33. The first kappa shape index (κ1) is 21.3. The van der Waals surface area contributed by atoms with Crippen molar-refractivity contribution >= 4 is 21.9 Å². The van der Waals surface area contributed by atoms with Crippen LogP contribution >= 0.6 is 0 Å². The van der Waals surface area contributed by atoms with Crippen LogP contribution in [0, 0.1) is 5.92 Å². The number of nitrogens with zero attached hydrogens (tertiary/aromatic N) is 2. The van der Waals surface area contributed by atoms with E-state index in [2.05, 4.69) is 17.2 Å². The lowest BCUT2D eigenvalue weighted by Gasteiger charge is -2.29. The fraction of sp³-hybridized carbons (Fsp3) is 0.611. The van der Waals surface area contributed by atoms with E-state index in [0.717, 1.165) is 19.3 Å². The number of sulfonamides is 1. The first-order valence-electron chi connectivity index (χ1n) is 9.28. The van der Waals surface area contributed by atoms with Crippen LogP contribution in [0.15, 0.2) is 29.4 Å². The van der Waals surface area contributed by atoms with Crippen LogP contribution in [0.3, 0.4) is 0 Å². The summed E-state index contributed by atoms with van der Waals surface area (Å²) in [6, 6.07) is 3.08. The Morgan fingerprint density at radius 1 is 1.30 bits per heavy atom. The third kappa shape index (κ3) is 6.28. The Morgan fingerprint density at radius 2 is 2.04 bits per heavy atom. The SMILES string of the molecule is CCCCCNC(=O)COC(=O)C1CCN(S(=O)(=O)c2cccnc2)CC1. The summed E-state index contributed by atoms with van der Waals surface area (Å²) in [7, 11) is -3.60. The first-order valence-corrected chi connectivity index (χ1v) is 10.7. The molecule has 0 radical (unpaired) electrons. The molecule has 8 nitrogen and oxygen atoms in total. The minimum absolute atomic E-state index is 0.144. The van der Waals surface area contributed by atoms with E-state index in [1.165, 1.54) is 22.8 Å². The van der Waals surface area contributed by atoms with Crippen LogP contribution in [0.4, 0.5) is 0 Å². The highest BCUT2D eigenvalue weighted by molar-refractivity contribution is 7.89. The Morgan fingerprint density at radius 3 is 2.67 bits per heavy atom. The molecule has 2 heterocycles. The van der Waals surface area contributed by atoms with Crippen molar-refractivity contribution in [1.82, 2.24) is 14.6 Å². The van der Waals surface area contributed by atoms with E-state index in [1.54, 1.807) is 6.07 Å². The van der Waals surface area contributed by atoms with Crippen molar-refractivity contribution in [3.8, 4) is 0 Å². The van der Waals surface area contributed by atoms with Gasteiger partial charge in [-0.1, -0.05) is 19.8 Å². The molecular formula is C18H27N3O5S. The third-order valence-corrected chi connectivity index (χ3v) is 6.39. The van der Waals surface area contributed by atoms with Crippen LogP contribution < -0.4 is 5.32 Å². The topological polar surface area (TPSA) is 106 Å². The second-order valence-electron chi connectivity index (χ2n) is 6.53. The highest BCUT2D eigenvalue weighted by Gasteiger charge is 2.33. The molecule has 150 valence electrons. The van der Waals surface area contributed by atoms with Crippen molar-refractivity contribution < 1.29 is 22.7 Å². The van der Waals surface area contributed by atoms with E-state index in [4.69, 9.17) is 4.74 Å². The number of hydrogen-bond acceptors (Lipinski definition) is 6. The van der Waals surface area contributed by atoms with Crippen molar-refractivity contribution in [1.29, 1.82) is 0 Å². The van der Waals surface area contributed by atoms with Gasteiger partial charge in [-0.15, -0.1) is 0 Å². The Balaban J connectivity index is 1.75. The van der Waals surface area contributed by atoms with E-state index in [1.807, 2.05) is 0 Å². The van der Waals surface area contributed by atoms with Gasteiger partial charge >= 0.3 is 5.97 Å². The van der Waals surface area contributed by atoms with E-state index in [-0.39, 0.29) is 30.5 Å². The molecule has 0 atom stereocenters. The summed E-state index contributed by atoms with van der Waals surface area (Å²) in [5.74, 6) is -1.15. The van der Waals surface area contributed by atoms with Crippen LogP contribution in [-0.2, 0) is 24.3 Å². The van der Waals surface area contributed by atoms with Crippen LogP contribution in [0.1, 0.15) is 39.0 Å². The average molecular weight is 397 g/mol. The molecular weight excluding hydrogens is 370 g/mol. The average Bonchev–Trinajstić information content (AvgIpc) is 2.70. The number of unbranched alkanes of at least 4 members (excludes halogenated alkanes) is 2. The molecule has 9 heteroatoms. The summed E-state index contributed by atoms with van der Waals surface area (Å²) in [5, 5.41) is 2.71. The lowest BCUT2D eigenvalue weighted by atomic mass is 9.98. The maximum absolute atomic E-state index is 12.5. The summed E-state index contributed by atoms with van der Waals surface area (Å²) in [6.07, 6.45) is 6.59. The predicted molar refractivity (Wildman–Crippen MR) is 99.2 cm³/mol. The summed E-state index contributed by atoms with van der Waals surface area (Å²) in [5.41, 5.74) is 0. The quantitative estimate of drug-likeness (QED) is 0.498. The van der Waals surface area contributed by atoms with Crippen LogP contribution in [0.2, 0.25) is 0 Å². The molecule has 0 aromatic carbocycles. The van der Waals surface area contributed by atoms with Crippen LogP contribution in [0.5, 0.6) is 0 Å². The largest absolute Gasteiger partial charge is 0.455 e. The standard InChI is InChI=1S/C18H27N3O5S/c1-2-3-4-10-20-17(22)14-26-18(23)15-7-11-21(12-8-15)27(24,25)16-6-5-9-19-13-16/h5-6,9,13,15H,2-4,7-8,10-12,14H2,1H3,(H,20,22). The minimum atomic E-state index is -3.60. The fourth-order valence-corrected chi connectivity index (χ4v) is 4.32. The van der Waals surface area contributed by atoms with Gasteiger partial charge in [0.15, 0.2) is 6.61 Å². The maximum atomic E-state index is 12.5. The van der Waals surface area contributed by atoms with E-state index >= 15 is 0 Å². The van der Waals surface area contributed by atoms with Crippen LogP contribution in [0.25, 0.3) is 0 Å². The lowest BCUT2D eigenvalue weighted by molar-refractivity contribution is -0.153. The van der Waals surface area contributed by atoms with Gasteiger partial charge in [-0.05, 0) is 31.4 Å². The van der Waals surface area contributed by atoms with Crippen LogP contribution in [-0.4, -0.2) is 55.8 Å². The Hall–Kier alpha value is -2.00. The number of rotatable bonds is 9. The number of nitrogens with one attached hydrogen (secondary N) is 1. The summed E-state index contributed by atoms with van der Waals surface area (Å²) in [6.45, 7) is 2.84. The summed E-state index contributed by atoms with van der Waals surface area (Å²) in [4.78, 5) is 27.8. The molecule has 0 saturated carbocycles. The second-order valence-corrected chi connectivity index (χ2v) is 8.47. The molecule has 0 aliphatic carbocycles. The molecule has 1 aliphatic rings. The molecule has 0 unspecified atom stereocenters. The minimum Gasteiger partial charge on any atom is -0.455 e. The molecule has 0 bridgehead atoms. The van der Waals surface area contributed by atoms with Gasteiger partial charge in [0.25, 0.3) is 5.91 Å². The monoisotopic (exact) mass is 397 g/mol. The second kappa shape index (κ2) is 10.4. The van der Waals surface area contributed by atoms with E-state index in [9.17, 15) is 18.0 Å². The fourth-order valence-electron chi connectivity index (χ4n) is 2.89. The number of ether oxygens (including phenoxy) is 1. The number of hydrogen-bond donors (Lipinski definition) is 1. The third-order valence-electron chi connectivity index (χ3n) is 4.51. The maximum Gasteiger partial charge on any atom is 0.309 e. The van der Waals surface area contributed by atoms with Gasteiger partial charge in [0.05, 0.1) is 5.92 Å². The smallest absolute Gasteiger partial charge is 0.309 e. The first-order chi connectivity index (χ1) is 12.9. The summed E-state index contributed by atoms with van der Waals surface area (Å²) >= 11 is 0. The molecule has 1 aliphatic heterocycles. The molecule has 1 N–H and O–H groups in total. The van der Waals surface area contributed by atoms with Crippen molar-refractivity contribution in [2.45, 2.75) is 43.9 Å². The molecule has 1 aromatic rings. The zero-order valence-corrected chi connectivity index (χ0v) is 16.4. The van der Waals surface area contributed by atoms with Gasteiger partial charge in [-0.25, -0.2) is 8.42 Å². The number of carbonyl (C=O) groups excluding carboxylic acids is 2. The van der Waals surface area contributed by atoms with Gasteiger partial charge < -0.3 is 10.1 Å². The normalized spacial score (nSPS) is 16.0. The number of esters is 1. The number of amides is 1. The Bertz CT molecular complexity index is 716. The molecule has 0 spiro atoms. The molecule has 1 aromatic heterocycles. The molecule has 1 amide bonds. The zero-order chi connectivity index (χ0) is 19.7. The molecule has 27 heavy (non-hydrogen) atoms. The Labute approximate surface area is 160 Å². The number of carbonyl (C=O) groups is 2. The number of aromatic nitrogens is 1. The van der Waals surface area contributed by atoms with E-state index in [0.29, 0.717) is 19.4 Å². The van der Waals surface area contributed by atoms with Gasteiger partial charge in [0.2, 0.25) is 10.0 Å². The van der Waals surface area contributed by atoms with Gasteiger partial charge in [0, 0.05) is 32.0 Å². The highest BCUT2D eigenvalue weighted by atomic mass is 32.2. The highest BCUT2D eigenvalue weighted by Crippen LogP contribution is 2.24. The van der Waals surface area contributed by atoms with E-state index < -0.39 is 21.9 Å². The van der Waals surface area contributed by atoms with Gasteiger partial charge in [-0.3, -0.25) is 14.6 Å². The van der Waals surface area contributed by atoms with Crippen molar-refractivity contribution in [3.63, 3.8) is 0 Å². The van der Waals surface area contributed by atoms with Crippen molar-refractivity contribution in [3.05, 3.63) is 24.5 Å². The van der Waals surface area contributed by atoms with Gasteiger partial charge in [0.1, 0.15) is 4.90 Å². The van der Waals surface area contributed by atoms with Gasteiger partial charge in [-0.2, -0.15) is 4.31 Å². The number of pyridine rings is 1. The van der Waals surface area contributed by atoms with Crippen molar-refractivity contribution in [2.75, 3.05) is 26.2 Å². The molecule has 1 saturated heterocycles. The lowest BCUT2D eigenvalue weighted by Crippen LogP contribution is -2.41. The Kier molecular flexibility index (Phi) is 8.18. The molecule has 2 rings (SSSR count). The number of piperidine rings is 1. The summed E-state index contributed by atoms with van der Waals surface area (Å²) < 4.78 is 31.5. The zero-order valence-electron chi connectivity index (χ0n) is 15.6. The molecule has 1 fully saturated rings.